The van der Waals surface area contributed by atoms with Crippen LogP contribution in [0.3, 0.4) is 0 Å². The molecular weight excluding hydrogens is 238 g/mol. The van der Waals surface area contributed by atoms with E-state index in [0.717, 1.165) is 23.1 Å². The summed E-state index contributed by atoms with van der Waals surface area (Å²) in [6.45, 7) is 4.00. The van der Waals surface area contributed by atoms with Crippen molar-refractivity contribution >= 4 is 0 Å². The highest BCUT2D eigenvalue weighted by Crippen LogP contribution is 2.52. The number of hydrogen-bond acceptors (Lipinski definition) is 3. The number of aliphatic hydroxyl groups excluding tert-OH is 1. The molecule has 0 amide bonds. The molecule has 2 saturated carbocycles. The lowest BCUT2D eigenvalue weighted by atomic mass is 9.82. The molecule has 0 saturated heterocycles. The van der Waals surface area contributed by atoms with E-state index in [9.17, 15) is 5.11 Å². The number of aromatic nitrogens is 1. The molecule has 1 heterocycles. The fourth-order valence-electron chi connectivity index (χ4n) is 3.86. The Morgan fingerprint density at radius 1 is 1.26 bits per heavy atom. The minimum absolute atomic E-state index is 0.136. The van der Waals surface area contributed by atoms with Gasteiger partial charge in [-0.05, 0) is 56.9 Å². The maximum Gasteiger partial charge on any atom is 0.138 e. The van der Waals surface area contributed by atoms with Gasteiger partial charge in [-0.3, -0.25) is 4.98 Å². The molecule has 0 radical (unpaired) electrons. The summed E-state index contributed by atoms with van der Waals surface area (Å²) in [4.78, 5) is 4.21. The summed E-state index contributed by atoms with van der Waals surface area (Å²) >= 11 is 0. The fraction of sp³-hybridized carbons (Fsp3) is 0.688. The normalized spacial score (nSPS) is 30.8. The molecule has 19 heavy (non-hydrogen) atoms. The second-order valence-electron chi connectivity index (χ2n) is 6.40. The van der Waals surface area contributed by atoms with Crippen LogP contribution in [0, 0.1) is 17.8 Å². The van der Waals surface area contributed by atoms with E-state index in [-0.39, 0.29) is 12.2 Å². The molecular formula is C16H23NO2. The lowest BCUT2D eigenvalue weighted by molar-refractivity contribution is 0.0738. The van der Waals surface area contributed by atoms with Crippen molar-refractivity contribution in [3.05, 3.63) is 24.0 Å². The van der Waals surface area contributed by atoms with Crippen LogP contribution >= 0.6 is 0 Å². The first kappa shape index (κ1) is 12.9. The van der Waals surface area contributed by atoms with Crippen LogP contribution in [0.15, 0.2) is 18.5 Å². The van der Waals surface area contributed by atoms with E-state index >= 15 is 0 Å². The highest BCUT2D eigenvalue weighted by molar-refractivity contribution is 5.26. The Labute approximate surface area is 115 Å². The van der Waals surface area contributed by atoms with Crippen LogP contribution in [-0.2, 0) is 0 Å². The number of ether oxygens (including phenoxy) is 1. The lowest BCUT2D eigenvalue weighted by Crippen LogP contribution is -2.19. The maximum absolute atomic E-state index is 10.6. The Hall–Kier alpha value is -1.09. The molecule has 4 atom stereocenters. The van der Waals surface area contributed by atoms with E-state index in [0.29, 0.717) is 5.92 Å². The quantitative estimate of drug-likeness (QED) is 0.904. The van der Waals surface area contributed by atoms with Crippen LogP contribution in [0.25, 0.3) is 0 Å². The predicted molar refractivity (Wildman–Crippen MR) is 73.9 cm³/mol. The standard InChI is InChI=1S/C16H23NO2/c1-10(2)19-14-7-13(8-17-9-14)16(18)15-6-11-3-4-12(15)5-11/h7-12,15-16,18H,3-6H2,1-2H3. The zero-order valence-corrected chi connectivity index (χ0v) is 11.7. The molecule has 1 N–H and O–H groups in total. The summed E-state index contributed by atoms with van der Waals surface area (Å²) < 4.78 is 5.66. The van der Waals surface area contributed by atoms with Crippen molar-refractivity contribution in [1.29, 1.82) is 0 Å². The molecule has 3 nitrogen and oxygen atoms in total. The highest BCUT2D eigenvalue weighted by atomic mass is 16.5. The molecule has 0 aromatic carbocycles. The molecule has 104 valence electrons. The molecule has 4 unspecified atom stereocenters. The average Bonchev–Trinajstić information content (AvgIpc) is 2.99. The van der Waals surface area contributed by atoms with Crippen molar-refractivity contribution < 1.29 is 9.84 Å². The first-order valence-corrected chi connectivity index (χ1v) is 7.43. The summed E-state index contributed by atoms with van der Waals surface area (Å²) in [5.41, 5.74) is 0.913. The van der Waals surface area contributed by atoms with Gasteiger partial charge in [-0.15, -0.1) is 0 Å². The van der Waals surface area contributed by atoms with E-state index in [1.807, 2.05) is 19.9 Å². The molecule has 3 heteroatoms. The number of aliphatic hydroxyl groups is 1. The van der Waals surface area contributed by atoms with Crippen LogP contribution in [0.1, 0.15) is 51.2 Å². The second kappa shape index (κ2) is 5.12. The van der Waals surface area contributed by atoms with Gasteiger partial charge in [0.1, 0.15) is 5.75 Å². The first-order valence-electron chi connectivity index (χ1n) is 7.43. The van der Waals surface area contributed by atoms with Crippen LogP contribution in [0.4, 0.5) is 0 Å². The lowest BCUT2D eigenvalue weighted by Gasteiger charge is -2.27. The molecule has 2 bridgehead atoms. The Kier molecular flexibility index (Phi) is 3.48. The van der Waals surface area contributed by atoms with Gasteiger partial charge in [-0.25, -0.2) is 0 Å². The van der Waals surface area contributed by atoms with Gasteiger partial charge in [-0.1, -0.05) is 6.42 Å². The van der Waals surface area contributed by atoms with Gasteiger partial charge in [0.05, 0.1) is 18.4 Å². The molecule has 3 rings (SSSR count). The van der Waals surface area contributed by atoms with Gasteiger partial charge < -0.3 is 9.84 Å². The van der Waals surface area contributed by atoms with Gasteiger partial charge in [0.2, 0.25) is 0 Å². The van der Waals surface area contributed by atoms with Gasteiger partial charge in [0, 0.05) is 11.8 Å². The molecule has 0 spiro atoms. The summed E-state index contributed by atoms with van der Waals surface area (Å²) in [5, 5.41) is 10.6. The molecule has 1 aromatic rings. The number of rotatable bonds is 4. The Morgan fingerprint density at radius 2 is 2.11 bits per heavy atom. The molecule has 1 aromatic heterocycles. The third kappa shape index (κ3) is 2.62. The smallest absolute Gasteiger partial charge is 0.138 e. The SMILES string of the molecule is CC(C)Oc1cncc(C(O)C2CC3CCC2C3)c1. The number of pyridine rings is 1. The third-order valence-corrected chi connectivity index (χ3v) is 4.65. The summed E-state index contributed by atoms with van der Waals surface area (Å²) in [5.74, 6) is 2.76. The summed E-state index contributed by atoms with van der Waals surface area (Å²) in [6, 6.07) is 1.95. The largest absolute Gasteiger partial charge is 0.489 e. The topological polar surface area (TPSA) is 42.4 Å². The van der Waals surface area contributed by atoms with E-state index in [2.05, 4.69) is 4.98 Å². The molecule has 2 aliphatic carbocycles. The van der Waals surface area contributed by atoms with E-state index in [1.165, 1.54) is 25.7 Å². The Balaban J connectivity index is 1.74. The summed E-state index contributed by atoms with van der Waals surface area (Å²) in [6.07, 6.45) is 8.42. The van der Waals surface area contributed by atoms with E-state index < -0.39 is 0 Å². The number of nitrogens with zero attached hydrogens (tertiary/aromatic N) is 1. The minimum atomic E-state index is -0.376. The fourth-order valence-corrected chi connectivity index (χ4v) is 3.86. The van der Waals surface area contributed by atoms with Crippen LogP contribution < -0.4 is 4.74 Å². The van der Waals surface area contributed by atoms with Crippen molar-refractivity contribution in [3.63, 3.8) is 0 Å². The van der Waals surface area contributed by atoms with Crippen molar-refractivity contribution in [2.24, 2.45) is 17.8 Å². The van der Waals surface area contributed by atoms with Crippen molar-refractivity contribution in [3.8, 4) is 5.75 Å². The molecule has 2 fully saturated rings. The van der Waals surface area contributed by atoms with Gasteiger partial charge in [0.25, 0.3) is 0 Å². The van der Waals surface area contributed by atoms with Crippen LogP contribution in [0.2, 0.25) is 0 Å². The maximum atomic E-state index is 10.6. The number of hydrogen-bond donors (Lipinski definition) is 1. The zero-order chi connectivity index (χ0) is 13.4. The van der Waals surface area contributed by atoms with Gasteiger partial charge in [-0.2, -0.15) is 0 Å². The monoisotopic (exact) mass is 261 g/mol. The third-order valence-electron chi connectivity index (χ3n) is 4.65. The van der Waals surface area contributed by atoms with Crippen molar-refractivity contribution in [2.45, 2.75) is 51.7 Å². The second-order valence-corrected chi connectivity index (χ2v) is 6.40. The molecule has 0 aliphatic heterocycles. The van der Waals surface area contributed by atoms with Gasteiger partial charge in [0.15, 0.2) is 0 Å². The average molecular weight is 261 g/mol. The van der Waals surface area contributed by atoms with Crippen LogP contribution in [-0.4, -0.2) is 16.2 Å². The van der Waals surface area contributed by atoms with Gasteiger partial charge >= 0.3 is 0 Å². The summed E-state index contributed by atoms with van der Waals surface area (Å²) in [7, 11) is 0. The van der Waals surface area contributed by atoms with Crippen molar-refractivity contribution in [1.82, 2.24) is 4.98 Å². The van der Waals surface area contributed by atoms with Crippen molar-refractivity contribution in [2.75, 3.05) is 0 Å². The zero-order valence-electron chi connectivity index (χ0n) is 11.7. The van der Waals surface area contributed by atoms with Crippen LogP contribution in [0.5, 0.6) is 5.75 Å². The first-order chi connectivity index (χ1) is 9.13. The van der Waals surface area contributed by atoms with E-state index in [1.54, 1.807) is 12.4 Å². The Bertz CT molecular complexity index is 446. The highest BCUT2D eigenvalue weighted by Gasteiger charge is 2.43. The Morgan fingerprint density at radius 3 is 2.74 bits per heavy atom. The minimum Gasteiger partial charge on any atom is -0.489 e. The van der Waals surface area contributed by atoms with E-state index in [4.69, 9.17) is 4.74 Å². The molecule has 2 aliphatic rings. The number of fused-ring (bicyclic) bond motifs is 2. The predicted octanol–water partition coefficient (Wildman–Crippen LogP) is 3.34.